The quantitative estimate of drug-likeness (QED) is 0.756. The molecule has 0 aromatic carbocycles. The zero-order valence-electron chi connectivity index (χ0n) is 11.8. The van der Waals surface area contributed by atoms with Gasteiger partial charge in [0.2, 0.25) is 0 Å². The van der Waals surface area contributed by atoms with Gasteiger partial charge >= 0.3 is 5.97 Å². The van der Waals surface area contributed by atoms with Gasteiger partial charge in [-0.3, -0.25) is 4.79 Å². The molecule has 0 aromatic rings. The summed E-state index contributed by atoms with van der Waals surface area (Å²) in [5.41, 5.74) is 0. The lowest BCUT2D eigenvalue weighted by atomic mass is 9.97. The Morgan fingerprint density at radius 3 is 2.56 bits per heavy atom. The Morgan fingerprint density at radius 1 is 1.39 bits per heavy atom. The molecule has 18 heavy (non-hydrogen) atoms. The molecule has 3 unspecified atom stereocenters. The number of esters is 1. The van der Waals surface area contributed by atoms with Crippen molar-refractivity contribution in [2.24, 2.45) is 0 Å². The number of fused-ring (bicyclic) bond motifs is 2. The second-order valence-electron chi connectivity index (χ2n) is 5.79. The molecule has 1 N–H and O–H groups in total. The Balaban J connectivity index is 1.82. The van der Waals surface area contributed by atoms with Gasteiger partial charge in [0.1, 0.15) is 0 Å². The third-order valence-electron chi connectivity index (χ3n) is 4.49. The van der Waals surface area contributed by atoms with E-state index < -0.39 is 0 Å². The molecule has 4 nitrogen and oxygen atoms in total. The van der Waals surface area contributed by atoms with Crippen LogP contribution in [0.1, 0.15) is 46.0 Å². The normalized spacial score (nSPS) is 32.6. The van der Waals surface area contributed by atoms with Gasteiger partial charge in [0.05, 0.1) is 13.0 Å². The highest BCUT2D eigenvalue weighted by molar-refractivity contribution is 5.70. The summed E-state index contributed by atoms with van der Waals surface area (Å²) in [6, 6.07) is 2.29. The van der Waals surface area contributed by atoms with E-state index in [2.05, 4.69) is 24.2 Å². The number of hydrogen-bond donors (Lipinski definition) is 1. The fourth-order valence-electron chi connectivity index (χ4n) is 3.32. The molecule has 0 saturated carbocycles. The predicted octanol–water partition coefficient (Wildman–Crippen LogP) is 1.54. The minimum absolute atomic E-state index is 0.0752. The van der Waals surface area contributed by atoms with E-state index in [1.54, 1.807) is 0 Å². The summed E-state index contributed by atoms with van der Waals surface area (Å²) in [7, 11) is 2.15. The summed E-state index contributed by atoms with van der Waals surface area (Å²) >= 11 is 0. The van der Waals surface area contributed by atoms with E-state index >= 15 is 0 Å². The summed E-state index contributed by atoms with van der Waals surface area (Å²) in [4.78, 5) is 13.9. The van der Waals surface area contributed by atoms with Crippen LogP contribution in [-0.2, 0) is 9.53 Å². The van der Waals surface area contributed by atoms with Crippen molar-refractivity contribution < 1.29 is 9.53 Å². The Bertz CT molecular complexity index is 284. The minimum Gasteiger partial charge on any atom is -0.466 e. The molecule has 104 valence electrons. The standard InChI is InChI=1S/C14H26N2O2/c1-4-18-14(17)7-10(2)16(3)13-8-11-5-6-12(9-13)15-11/h10-13,15H,4-9H2,1-3H3. The first-order chi connectivity index (χ1) is 8.60. The SMILES string of the molecule is CCOC(=O)CC(C)N(C)C1CC2CCC(C1)N2. The van der Waals surface area contributed by atoms with Crippen LogP contribution in [0.2, 0.25) is 0 Å². The van der Waals surface area contributed by atoms with E-state index in [1.165, 1.54) is 25.7 Å². The van der Waals surface area contributed by atoms with E-state index in [9.17, 15) is 4.79 Å². The second kappa shape index (κ2) is 6.02. The lowest BCUT2D eigenvalue weighted by Gasteiger charge is -2.38. The van der Waals surface area contributed by atoms with Gasteiger partial charge in [-0.15, -0.1) is 0 Å². The molecule has 2 aliphatic rings. The van der Waals surface area contributed by atoms with Crippen molar-refractivity contribution >= 4 is 5.97 Å². The lowest BCUT2D eigenvalue weighted by Crippen LogP contribution is -2.49. The highest BCUT2D eigenvalue weighted by Gasteiger charge is 2.36. The zero-order valence-corrected chi connectivity index (χ0v) is 11.8. The third-order valence-corrected chi connectivity index (χ3v) is 4.49. The van der Waals surface area contributed by atoms with Crippen molar-refractivity contribution in [3.63, 3.8) is 0 Å². The Labute approximate surface area is 110 Å². The number of carbonyl (C=O) groups is 1. The van der Waals surface area contributed by atoms with Crippen molar-refractivity contribution in [2.45, 2.75) is 70.1 Å². The van der Waals surface area contributed by atoms with Gasteiger partial charge in [-0.05, 0) is 46.6 Å². The fraction of sp³-hybridized carbons (Fsp3) is 0.929. The zero-order chi connectivity index (χ0) is 13.1. The van der Waals surface area contributed by atoms with Crippen LogP contribution in [0.3, 0.4) is 0 Å². The number of rotatable bonds is 5. The van der Waals surface area contributed by atoms with Gasteiger partial charge in [0.25, 0.3) is 0 Å². The topological polar surface area (TPSA) is 41.6 Å². The number of carbonyl (C=O) groups excluding carboxylic acids is 1. The number of hydrogen-bond acceptors (Lipinski definition) is 4. The second-order valence-corrected chi connectivity index (χ2v) is 5.79. The van der Waals surface area contributed by atoms with Crippen molar-refractivity contribution in [3.05, 3.63) is 0 Å². The maximum absolute atomic E-state index is 11.5. The van der Waals surface area contributed by atoms with Crippen LogP contribution in [0.25, 0.3) is 0 Å². The van der Waals surface area contributed by atoms with Crippen molar-refractivity contribution in [1.82, 2.24) is 10.2 Å². The Morgan fingerprint density at radius 2 is 2.00 bits per heavy atom. The van der Waals surface area contributed by atoms with Gasteiger partial charge in [0.15, 0.2) is 0 Å². The summed E-state index contributed by atoms with van der Waals surface area (Å²) in [6.07, 6.45) is 5.59. The first-order valence-corrected chi connectivity index (χ1v) is 7.23. The molecule has 0 aliphatic carbocycles. The van der Waals surface area contributed by atoms with E-state index in [4.69, 9.17) is 4.74 Å². The average Bonchev–Trinajstić information content (AvgIpc) is 2.67. The molecular weight excluding hydrogens is 228 g/mol. The minimum atomic E-state index is -0.0752. The lowest BCUT2D eigenvalue weighted by molar-refractivity contribution is -0.144. The highest BCUT2D eigenvalue weighted by Crippen LogP contribution is 2.30. The van der Waals surface area contributed by atoms with Gasteiger partial charge in [-0.2, -0.15) is 0 Å². The monoisotopic (exact) mass is 254 g/mol. The van der Waals surface area contributed by atoms with Gasteiger partial charge in [0, 0.05) is 24.2 Å². The maximum atomic E-state index is 11.5. The predicted molar refractivity (Wildman–Crippen MR) is 71.4 cm³/mol. The molecule has 2 fully saturated rings. The molecule has 0 aromatic heterocycles. The average molecular weight is 254 g/mol. The van der Waals surface area contributed by atoms with Gasteiger partial charge < -0.3 is 15.0 Å². The van der Waals surface area contributed by atoms with Crippen LogP contribution in [0.5, 0.6) is 0 Å². The molecular formula is C14H26N2O2. The van der Waals surface area contributed by atoms with Crippen LogP contribution < -0.4 is 5.32 Å². The van der Waals surface area contributed by atoms with Crippen LogP contribution in [0.15, 0.2) is 0 Å². The summed E-state index contributed by atoms with van der Waals surface area (Å²) in [5, 5.41) is 3.66. The molecule has 2 rings (SSSR count). The number of ether oxygens (including phenoxy) is 1. The summed E-state index contributed by atoms with van der Waals surface area (Å²) in [5.74, 6) is -0.0752. The third kappa shape index (κ3) is 3.23. The molecule has 0 spiro atoms. The fourth-order valence-corrected chi connectivity index (χ4v) is 3.32. The molecule has 3 atom stereocenters. The molecule has 4 heteroatoms. The number of piperidine rings is 1. The highest BCUT2D eigenvalue weighted by atomic mass is 16.5. The maximum Gasteiger partial charge on any atom is 0.307 e. The first-order valence-electron chi connectivity index (χ1n) is 7.23. The van der Waals surface area contributed by atoms with Crippen LogP contribution >= 0.6 is 0 Å². The van der Waals surface area contributed by atoms with Crippen molar-refractivity contribution in [1.29, 1.82) is 0 Å². The molecule has 2 heterocycles. The largest absolute Gasteiger partial charge is 0.466 e. The van der Waals surface area contributed by atoms with Crippen LogP contribution in [0, 0.1) is 0 Å². The van der Waals surface area contributed by atoms with E-state index in [-0.39, 0.29) is 12.0 Å². The molecule has 2 bridgehead atoms. The van der Waals surface area contributed by atoms with Gasteiger partial charge in [-0.1, -0.05) is 0 Å². The Hall–Kier alpha value is -0.610. The molecule has 2 saturated heterocycles. The number of nitrogens with one attached hydrogen (secondary N) is 1. The summed E-state index contributed by atoms with van der Waals surface area (Å²) in [6.45, 7) is 4.46. The van der Waals surface area contributed by atoms with Crippen molar-refractivity contribution in [3.8, 4) is 0 Å². The molecule has 0 amide bonds. The molecule has 2 aliphatic heterocycles. The van der Waals surface area contributed by atoms with Gasteiger partial charge in [-0.25, -0.2) is 0 Å². The summed E-state index contributed by atoms with van der Waals surface area (Å²) < 4.78 is 5.03. The molecule has 0 radical (unpaired) electrons. The first kappa shape index (κ1) is 13.8. The van der Waals surface area contributed by atoms with E-state index in [1.807, 2.05) is 6.92 Å². The van der Waals surface area contributed by atoms with Crippen LogP contribution in [0.4, 0.5) is 0 Å². The Kier molecular flexibility index (Phi) is 4.62. The van der Waals surface area contributed by atoms with Crippen LogP contribution in [-0.4, -0.2) is 48.7 Å². The van der Waals surface area contributed by atoms with E-state index in [0.717, 1.165) is 0 Å². The number of nitrogens with zero attached hydrogens (tertiary/aromatic N) is 1. The smallest absolute Gasteiger partial charge is 0.307 e. The van der Waals surface area contributed by atoms with Crippen molar-refractivity contribution in [2.75, 3.05) is 13.7 Å². The van der Waals surface area contributed by atoms with E-state index in [0.29, 0.717) is 31.2 Å².